The van der Waals surface area contributed by atoms with E-state index in [0.29, 0.717) is 6.42 Å². The highest BCUT2D eigenvalue weighted by molar-refractivity contribution is 5.86. The highest BCUT2D eigenvalue weighted by atomic mass is 16.5. The van der Waals surface area contributed by atoms with Gasteiger partial charge in [0.1, 0.15) is 6.61 Å². The van der Waals surface area contributed by atoms with E-state index in [4.69, 9.17) is 4.74 Å². The smallest absolute Gasteiger partial charge is 0.252 e. The zero-order valence-corrected chi connectivity index (χ0v) is 13.6. The SMILES string of the molecule is CN1C(=O)CO[C@@H](C(=O)N[C@@H]2C=C[C@H](CO)C2)[C@H]1c1ccccc1. The number of ether oxygens (including phenoxy) is 1. The Morgan fingerprint density at radius 2 is 2.08 bits per heavy atom. The van der Waals surface area contributed by atoms with E-state index in [1.807, 2.05) is 42.5 Å². The molecule has 1 saturated heterocycles. The Kier molecular flexibility index (Phi) is 4.97. The van der Waals surface area contributed by atoms with Crippen LogP contribution in [-0.4, -0.2) is 54.2 Å². The minimum atomic E-state index is -0.753. The second-order valence-electron chi connectivity index (χ2n) is 6.27. The van der Waals surface area contributed by atoms with Crippen molar-refractivity contribution in [3.63, 3.8) is 0 Å². The molecule has 0 unspecified atom stereocenters. The van der Waals surface area contributed by atoms with Gasteiger partial charge in [-0.25, -0.2) is 0 Å². The summed E-state index contributed by atoms with van der Waals surface area (Å²) in [5.41, 5.74) is 0.864. The number of carbonyl (C=O) groups excluding carboxylic acids is 2. The van der Waals surface area contributed by atoms with Gasteiger partial charge in [-0.05, 0) is 12.0 Å². The molecular formula is C18H22N2O4. The number of aliphatic hydroxyl groups is 1. The van der Waals surface area contributed by atoms with E-state index < -0.39 is 12.1 Å². The molecule has 6 nitrogen and oxygen atoms in total. The van der Waals surface area contributed by atoms with Crippen LogP contribution in [-0.2, 0) is 14.3 Å². The number of aliphatic hydroxyl groups excluding tert-OH is 1. The van der Waals surface area contributed by atoms with Crippen LogP contribution in [0.25, 0.3) is 0 Å². The maximum atomic E-state index is 12.7. The Balaban J connectivity index is 1.75. The van der Waals surface area contributed by atoms with Crippen molar-refractivity contribution in [3.05, 3.63) is 48.0 Å². The van der Waals surface area contributed by atoms with E-state index in [1.54, 1.807) is 11.9 Å². The molecule has 1 aliphatic heterocycles. The molecule has 128 valence electrons. The minimum Gasteiger partial charge on any atom is -0.396 e. The van der Waals surface area contributed by atoms with Gasteiger partial charge in [0.15, 0.2) is 6.10 Å². The van der Waals surface area contributed by atoms with Crippen LogP contribution in [0.1, 0.15) is 18.0 Å². The predicted octanol–water partition coefficient (Wildman–Crippen LogP) is 0.638. The van der Waals surface area contributed by atoms with Gasteiger partial charge in [0.25, 0.3) is 5.91 Å². The molecule has 0 bridgehead atoms. The number of benzene rings is 1. The first-order chi connectivity index (χ1) is 11.6. The fraction of sp³-hybridized carbons (Fsp3) is 0.444. The Morgan fingerprint density at radius 1 is 1.33 bits per heavy atom. The Morgan fingerprint density at radius 3 is 2.75 bits per heavy atom. The first-order valence-corrected chi connectivity index (χ1v) is 8.12. The van der Waals surface area contributed by atoms with Crippen LogP contribution in [0.15, 0.2) is 42.5 Å². The summed E-state index contributed by atoms with van der Waals surface area (Å²) < 4.78 is 5.58. The standard InChI is InChI=1S/C18H22N2O4/c1-20-15(22)11-24-17(16(20)13-5-3-2-4-6-13)18(23)19-14-8-7-12(9-14)10-21/h2-8,12,14,16-17,21H,9-11H2,1H3,(H,19,23)/t12-,14+,16+,17+/m0/s1. The molecule has 2 N–H and O–H groups in total. The summed E-state index contributed by atoms with van der Waals surface area (Å²) in [7, 11) is 1.69. The van der Waals surface area contributed by atoms with Gasteiger partial charge in [-0.15, -0.1) is 0 Å². The van der Waals surface area contributed by atoms with Gasteiger partial charge >= 0.3 is 0 Å². The molecule has 0 radical (unpaired) electrons. The molecule has 1 heterocycles. The number of morpholine rings is 1. The zero-order chi connectivity index (χ0) is 17.1. The van der Waals surface area contributed by atoms with Crippen LogP contribution in [0.4, 0.5) is 0 Å². The van der Waals surface area contributed by atoms with Crippen molar-refractivity contribution in [1.29, 1.82) is 0 Å². The first kappa shape index (κ1) is 16.7. The lowest BCUT2D eigenvalue weighted by molar-refractivity contribution is -0.162. The fourth-order valence-electron chi connectivity index (χ4n) is 3.26. The van der Waals surface area contributed by atoms with Gasteiger partial charge in [-0.2, -0.15) is 0 Å². The van der Waals surface area contributed by atoms with E-state index in [9.17, 15) is 14.7 Å². The van der Waals surface area contributed by atoms with E-state index in [0.717, 1.165) is 5.56 Å². The highest BCUT2D eigenvalue weighted by Crippen LogP contribution is 2.29. The fourth-order valence-corrected chi connectivity index (χ4v) is 3.26. The molecule has 0 aromatic heterocycles. The van der Waals surface area contributed by atoms with Crippen LogP contribution in [0.5, 0.6) is 0 Å². The summed E-state index contributed by atoms with van der Waals surface area (Å²) in [5.74, 6) is -0.304. The average Bonchev–Trinajstić information content (AvgIpc) is 3.05. The Labute approximate surface area is 141 Å². The molecule has 1 aliphatic carbocycles. The monoisotopic (exact) mass is 330 g/mol. The van der Waals surface area contributed by atoms with Crippen LogP contribution in [0.3, 0.4) is 0 Å². The van der Waals surface area contributed by atoms with Crippen molar-refractivity contribution in [3.8, 4) is 0 Å². The number of rotatable bonds is 4. The third-order valence-electron chi connectivity index (χ3n) is 4.62. The van der Waals surface area contributed by atoms with Crippen LogP contribution < -0.4 is 5.32 Å². The predicted molar refractivity (Wildman–Crippen MR) is 88.0 cm³/mol. The lowest BCUT2D eigenvalue weighted by Gasteiger charge is -2.38. The second kappa shape index (κ2) is 7.15. The molecule has 0 saturated carbocycles. The molecule has 1 fully saturated rings. The van der Waals surface area contributed by atoms with Crippen molar-refractivity contribution in [1.82, 2.24) is 10.2 Å². The molecule has 3 rings (SSSR count). The summed E-state index contributed by atoms with van der Waals surface area (Å²) in [6.45, 7) is -0.0234. The van der Waals surface area contributed by atoms with E-state index in [1.165, 1.54) is 0 Å². The third-order valence-corrected chi connectivity index (χ3v) is 4.62. The summed E-state index contributed by atoms with van der Waals surface area (Å²) in [4.78, 5) is 26.3. The van der Waals surface area contributed by atoms with Gasteiger partial charge in [-0.3, -0.25) is 9.59 Å². The normalized spacial score (nSPS) is 29.8. The van der Waals surface area contributed by atoms with Gasteiger partial charge in [0.2, 0.25) is 5.91 Å². The molecule has 2 aliphatic rings. The van der Waals surface area contributed by atoms with E-state index in [-0.39, 0.29) is 37.0 Å². The van der Waals surface area contributed by atoms with Gasteiger partial charge in [0, 0.05) is 25.6 Å². The largest absolute Gasteiger partial charge is 0.396 e. The molecule has 2 amide bonds. The third kappa shape index (κ3) is 3.34. The maximum Gasteiger partial charge on any atom is 0.252 e. The van der Waals surface area contributed by atoms with Gasteiger partial charge in [0.05, 0.1) is 6.04 Å². The summed E-state index contributed by atoms with van der Waals surface area (Å²) in [5, 5.41) is 12.1. The highest BCUT2D eigenvalue weighted by Gasteiger charge is 2.40. The van der Waals surface area contributed by atoms with Crippen molar-refractivity contribution in [2.75, 3.05) is 20.3 Å². The first-order valence-electron chi connectivity index (χ1n) is 8.12. The van der Waals surface area contributed by atoms with Crippen LogP contribution in [0.2, 0.25) is 0 Å². The number of hydrogen-bond donors (Lipinski definition) is 2. The Hall–Kier alpha value is -2.18. The number of likely N-dealkylation sites (N-methyl/N-ethyl adjacent to an activating group) is 1. The topological polar surface area (TPSA) is 78.9 Å². The number of hydrogen-bond acceptors (Lipinski definition) is 4. The number of carbonyl (C=O) groups is 2. The molecule has 24 heavy (non-hydrogen) atoms. The number of nitrogens with zero attached hydrogens (tertiary/aromatic N) is 1. The molecule has 4 atom stereocenters. The maximum absolute atomic E-state index is 12.7. The number of amides is 2. The average molecular weight is 330 g/mol. The van der Waals surface area contributed by atoms with Crippen molar-refractivity contribution < 1.29 is 19.4 Å². The molecule has 1 aromatic carbocycles. The lowest BCUT2D eigenvalue weighted by Crippen LogP contribution is -2.54. The molecule has 1 aromatic rings. The second-order valence-corrected chi connectivity index (χ2v) is 6.27. The minimum absolute atomic E-state index is 0.0761. The summed E-state index contributed by atoms with van der Waals surface area (Å²) in [6.07, 6.45) is 3.74. The van der Waals surface area contributed by atoms with Gasteiger partial charge in [-0.1, -0.05) is 42.5 Å². The molecule has 6 heteroatoms. The van der Waals surface area contributed by atoms with Crippen molar-refractivity contribution in [2.45, 2.75) is 24.6 Å². The quantitative estimate of drug-likeness (QED) is 0.794. The zero-order valence-electron chi connectivity index (χ0n) is 13.6. The van der Waals surface area contributed by atoms with Crippen molar-refractivity contribution in [2.24, 2.45) is 5.92 Å². The molecule has 0 spiro atoms. The number of nitrogens with one attached hydrogen (secondary N) is 1. The Bertz CT molecular complexity index is 631. The molecular weight excluding hydrogens is 308 g/mol. The summed E-state index contributed by atoms with van der Waals surface area (Å²) >= 11 is 0. The van der Waals surface area contributed by atoms with Crippen LogP contribution >= 0.6 is 0 Å². The summed E-state index contributed by atoms with van der Waals surface area (Å²) in [6, 6.07) is 8.86. The van der Waals surface area contributed by atoms with Crippen LogP contribution in [0, 0.1) is 5.92 Å². The van der Waals surface area contributed by atoms with Crippen molar-refractivity contribution >= 4 is 11.8 Å². The lowest BCUT2D eigenvalue weighted by atomic mass is 9.97. The van der Waals surface area contributed by atoms with Gasteiger partial charge < -0.3 is 20.1 Å². The van der Waals surface area contributed by atoms with E-state index in [2.05, 4.69) is 5.32 Å². The van der Waals surface area contributed by atoms with E-state index >= 15 is 0 Å².